The monoisotopic (exact) mass is 314 g/mol. The summed E-state index contributed by atoms with van der Waals surface area (Å²) >= 11 is 3.41. The highest BCUT2D eigenvalue weighted by molar-refractivity contribution is 9.10. The van der Waals surface area contributed by atoms with Gasteiger partial charge in [-0.15, -0.1) is 0 Å². The summed E-state index contributed by atoms with van der Waals surface area (Å²) in [4.78, 5) is 11.8. The van der Waals surface area contributed by atoms with Crippen LogP contribution in [0.3, 0.4) is 0 Å². The van der Waals surface area contributed by atoms with E-state index in [4.69, 9.17) is 9.47 Å². The van der Waals surface area contributed by atoms with Gasteiger partial charge < -0.3 is 9.47 Å². The molecule has 0 aliphatic rings. The molecule has 0 N–H and O–H groups in total. The first-order valence-electron chi connectivity index (χ1n) is 5.93. The van der Waals surface area contributed by atoms with E-state index in [2.05, 4.69) is 15.9 Å². The van der Waals surface area contributed by atoms with Crippen molar-refractivity contribution in [3.63, 3.8) is 0 Å². The Labute approximate surface area is 117 Å². The molecular formula is C14H19BrO3. The van der Waals surface area contributed by atoms with Crippen LogP contribution in [-0.4, -0.2) is 26.1 Å². The smallest absolute Gasteiger partial charge is 0.137 e. The number of rotatable bonds is 7. The molecule has 100 valence electrons. The largest absolute Gasteiger partial charge is 0.496 e. The molecule has 0 amide bonds. The standard InChI is InChI=1S/C14H19BrO3/c1-10(17-2)4-6-12(16)8-11-5-7-14(18-3)13(15)9-11/h5,7,9-10H,4,6,8H2,1-3H3. The Kier molecular flexibility index (Phi) is 6.36. The topological polar surface area (TPSA) is 35.5 Å². The minimum atomic E-state index is 0.136. The second-order valence-corrected chi connectivity index (χ2v) is 5.12. The number of benzene rings is 1. The molecule has 0 heterocycles. The Morgan fingerprint density at radius 1 is 1.39 bits per heavy atom. The Bertz CT molecular complexity index is 404. The van der Waals surface area contributed by atoms with Gasteiger partial charge in [0.25, 0.3) is 0 Å². The van der Waals surface area contributed by atoms with Crippen LogP contribution >= 0.6 is 15.9 Å². The molecule has 1 unspecified atom stereocenters. The van der Waals surface area contributed by atoms with Crippen molar-refractivity contribution < 1.29 is 14.3 Å². The summed E-state index contributed by atoms with van der Waals surface area (Å²) in [5.74, 6) is 1.01. The fraction of sp³-hybridized carbons (Fsp3) is 0.500. The maximum absolute atomic E-state index is 11.8. The quantitative estimate of drug-likeness (QED) is 0.774. The van der Waals surface area contributed by atoms with Gasteiger partial charge in [0.1, 0.15) is 11.5 Å². The van der Waals surface area contributed by atoms with Crippen LogP contribution in [0.2, 0.25) is 0 Å². The Balaban J connectivity index is 2.52. The molecule has 0 saturated carbocycles. The third kappa shape index (κ3) is 4.78. The van der Waals surface area contributed by atoms with E-state index in [-0.39, 0.29) is 11.9 Å². The zero-order chi connectivity index (χ0) is 13.5. The molecular weight excluding hydrogens is 296 g/mol. The first kappa shape index (κ1) is 15.2. The number of methoxy groups -OCH3 is 2. The van der Waals surface area contributed by atoms with Gasteiger partial charge in [0, 0.05) is 20.0 Å². The van der Waals surface area contributed by atoms with Crippen LogP contribution in [0.25, 0.3) is 0 Å². The molecule has 1 aromatic rings. The van der Waals surface area contributed by atoms with Gasteiger partial charge in [-0.25, -0.2) is 0 Å². The first-order valence-corrected chi connectivity index (χ1v) is 6.73. The highest BCUT2D eigenvalue weighted by Gasteiger charge is 2.08. The van der Waals surface area contributed by atoms with Gasteiger partial charge in [-0.2, -0.15) is 0 Å². The molecule has 0 spiro atoms. The molecule has 0 fully saturated rings. The minimum Gasteiger partial charge on any atom is -0.496 e. The summed E-state index contributed by atoms with van der Waals surface area (Å²) in [6.07, 6.45) is 1.92. The van der Waals surface area contributed by atoms with Crippen LogP contribution < -0.4 is 4.74 Å². The number of halogens is 1. The molecule has 3 nitrogen and oxygen atoms in total. The summed E-state index contributed by atoms with van der Waals surface area (Å²) in [5, 5.41) is 0. The molecule has 0 aliphatic heterocycles. The van der Waals surface area contributed by atoms with Gasteiger partial charge in [0.2, 0.25) is 0 Å². The molecule has 1 atom stereocenters. The van der Waals surface area contributed by atoms with Crippen molar-refractivity contribution in [1.82, 2.24) is 0 Å². The summed E-state index contributed by atoms with van der Waals surface area (Å²) in [6, 6.07) is 5.71. The van der Waals surface area contributed by atoms with Gasteiger partial charge >= 0.3 is 0 Å². The Hall–Kier alpha value is -0.870. The van der Waals surface area contributed by atoms with Crippen LogP contribution in [0.1, 0.15) is 25.3 Å². The van der Waals surface area contributed by atoms with Crippen molar-refractivity contribution in [1.29, 1.82) is 0 Å². The van der Waals surface area contributed by atoms with Gasteiger partial charge in [0.05, 0.1) is 17.7 Å². The molecule has 1 aromatic carbocycles. The average Bonchev–Trinajstić information content (AvgIpc) is 2.36. The predicted octanol–water partition coefficient (Wildman–Crippen LogP) is 3.38. The lowest BCUT2D eigenvalue weighted by Crippen LogP contribution is -2.10. The maximum atomic E-state index is 11.8. The zero-order valence-electron chi connectivity index (χ0n) is 11.0. The third-order valence-electron chi connectivity index (χ3n) is 2.85. The number of hydrogen-bond acceptors (Lipinski definition) is 3. The van der Waals surface area contributed by atoms with E-state index in [1.807, 2.05) is 25.1 Å². The SMILES string of the molecule is COc1ccc(CC(=O)CCC(C)OC)cc1Br. The lowest BCUT2D eigenvalue weighted by Gasteiger charge is -2.09. The molecule has 18 heavy (non-hydrogen) atoms. The minimum absolute atomic E-state index is 0.136. The number of hydrogen-bond donors (Lipinski definition) is 0. The second kappa shape index (κ2) is 7.54. The van der Waals surface area contributed by atoms with Crippen molar-refractivity contribution in [3.05, 3.63) is 28.2 Å². The molecule has 0 saturated heterocycles. The number of ketones is 1. The maximum Gasteiger partial charge on any atom is 0.137 e. The van der Waals surface area contributed by atoms with Gasteiger partial charge in [-0.3, -0.25) is 4.79 Å². The second-order valence-electron chi connectivity index (χ2n) is 4.27. The van der Waals surface area contributed by atoms with Crippen LogP contribution in [-0.2, 0) is 16.0 Å². The zero-order valence-corrected chi connectivity index (χ0v) is 12.6. The van der Waals surface area contributed by atoms with Gasteiger partial charge in [-0.05, 0) is 47.0 Å². The molecule has 0 radical (unpaired) electrons. The molecule has 0 bridgehead atoms. The van der Waals surface area contributed by atoms with Crippen molar-refractivity contribution in [2.45, 2.75) is 32.3 Å². The van der Waals surface area contributed by atoms with E-state index in [0.29, 0.717) is 12.8 Å². The predicted molar refractivity (Wildman–Crippen MR) is 75.1 cm³/mol. The van der Waals surface area contributed by atoms with E-state index in [0.717, 1.165) is 22.2 Å². The number of ether oxygens (including phenoxy) is 2. The fourth-order valence-electron chi connectivity index (χ4n) is 1.62. The Morgan fingerprint density at radius 2 is 2.11 bits per heavy atom. The summed E-state index contributed by atoms with van der Waals surface area (Å²) < 4.78 is 11.1. The highest BCUT2D eigenvalue weighted by atomic mass is 79.9. The molecule has 1 rings (SSSR count). The fourth-order valence-corrected chi connectivity index (χ4v) is 2.21. The lowest BCUT2D eigenvalue weighted by molar-refractivity contribution is -0.119. The van der Waals surface area contributed by atoms with Crippen LogP contribution in [0, 0.1) is 0 Å². The van der Waals surface area contributed by atoms with Crippen molar-refractivity contribution in [3.8, 4) is 5.75 Å². The lowest BCUT2D eigenvalue weighted by atomic mass is 10.0. The van der Waals surface area contributed by atoms with E-state index >= 15 is 0 Å². The summed E-state index contributed by atoms with van der Waals surface area (Å²) in [5.41, 5.74) is 0.998. The van der Waals surface area contributed by atoms with Crippen molar-refractivity contribution in [2.24, 2.45) is 0 Å². The first-order chi connectivity index (χ1) is 8.56. The van der Waals surface area contributed by atoms with Crippen LogP contribution in [0.5, 0.6) is 5.75 Å². The van der Waals surface area contributed by atoms with Gasteiger partial charge in [-0.1, -0.05) is 6.07 Å². The van der Waals surface area contributed by atoms with E-state index in [1.54, 1.807) is 14.2 Å². The molecule has 0 aromatic heterocycles. The molecule has 0 aliphatic carbocycles. The van der Waals surface area contributed by atoms with E-state index in [9.17, 15) is 4.79 Å². The van der Waals surface area contributed by atoms with Crippen LogP contribution in [0.4, 0.5) is 0 Å². The van der Waals surface area contributed by atoms with Crippen LogP contribution in [0.15, 0.2) is 22.7 Å². The highest BCUT2D eigenvalue weighted by Crippen LogP contribution is 2.25. The summed E-state index contributed by atoms with van der Waals surface area (Å²) in [6.45, 7) is 1.97. The van der Waals surface area contributed by atoms with Crippen molar-refractivity contribution >= 4 is 21.7 Å². The van der Waals surface area contributed by atoms with E-state index in [1.165, 1.54) is 0 Å². The van der Waals surface area contributed by atoms with Gasteiger partial charge in [0.15, 0.2) is 0 Å². The number of carbonyl (C=O) groups excluding carboxylic acids is 1. The third-order valence-corrected chi connectivity index (χ3v) is 3.47. The molecule has 4 heteroatoms. The summed E-state index contributed by atoms with van der Waals surface area (Å²) in [7, 11) is 3.28. The Morgan fingerprint density at radius 3 is 2.67 bits per heavy atom. The van der Waals surface area contributed by atoms with Crippen molar-refractivity contribution in [2.75, 3.05) is 14.2 Å². The average molecular weight is 315 g/mol. The number of carbonyl (C=O) groups is 1. The number of Topliss-reactive ketones (excluding diaryl/α,β-unsaturated/α-hetero) is 1. The normalized spacial score (nSPS) is 12.2. The van der Waals surface area contributed by atoms with E-state index < -0.39 is 0 Å².